The summed E-state index contributed by atoms with van der Waals surface area (Å²) in [4.78, 5) is 9.59. The van der Waals surface area contributed by atoms with Crippen LogP contribution in [0.4, 0.5) is 0 Å². The minimum absolute atomic E-state index is 0.440. The van der Waals surface area contributed by atoms with Crippen molar-refractivity contribution >= 4 is 23.1 Å². The Bertz CT molecular complexity index is 1250. The molecule has 32 heavy (non-hydrogen) atoms. The van der Waals surface area contributed by atoms with Crippen molar-refractivity contribution in [1.82, 2.24) is 19.7 Å². The molecule has 0 atom stereocenters. The van der Waals surface area contributed by atoms with Gasteiger partial charge in [0.2, 0.25) is 5.13 Å². The molecule has 0 aliphatic heterocycles. The van der Waals surface area contributed by atoms with Crippen LogP contribution in [0, 0.1) is 27.7 Å². The maximum Gasteiger partial charge on any atom is 0.212 e. The van der Waals surface area contributed by atoms with Gasteiger partial charge < -0.3 is 4.74 Å². The van der Waals surface area contributed by atoms with Crippen LogP contribution in [0.3, 0.4) is 0 Å². The fourth-order valence-electron chi connectivity index (χ4n) is 3.92. The molecule has 3 heterocycles. The zero-order chi connectivity index (χ0) is 23.0. The molecule has 7 heteroatoms. The van der Waals surface area contributed by atoms with Crippen LogP contribution in [0.2, 0.25) is 0 Å². The van der Waals surface area contributed by atoms with E-state index in [1.54, 1.807) is 18.4 Å². The molecule has 0 fully saturated rings. The van der Waals surface area contributed by atoms with Crippen LogP contribution in [-0.4, -0.2) is 32.1 Å². The maximum absolute atomic E-state index is 5.63. The van der Waals surface area contributed by atoms with Gasteiger partial charge in [-0.3, -0.25) is 4.98 Å². The van der Waals surface area contributed by atoms with Gasteiger partial charge in [-0.2, -0.15) is 5.10 Å². The van der Waals surface area contributed by atoms with Crippen molar-refractivity contribution in [3.63, 3.8) is 0 Å². The van der Waals surface area contributed by atoms with Crippen LogP contribution < -0.4 is 4.74 Å². The molecule has 0 N–H and O–H groups in total. The summed E-state index contributed by atoms with van der Waals surface area (Å²) in [7, 11) is 1.70. The van der Waals surface area contributed by atoms with E-state index >= 15 is 0 Å². The third-order valence-corrected chi connectivity index (χ3v) is 7.38. The molecule has 166 valence electrons. The van der Waals surface area contributed by atoms with Gasteiger partial charge in [0.1, 0.15) is 11.4 Å². The number of hydrogen-bond donors (Lipinski definition) is 0. The van der Waals surface area contributed by atoms with Crippen LogP contribution in [0.5, 0.6) is 5.75 Å². The van der Waals surface area contributed by atoms with E-state index in [4.69, 9.17) is 14.8 Å². The molecule has 0 radical (unpaired) electrons. The van der Waals surface area contributed by atoms with Crippen LogP contribution in [0.25, 0.3) is 27.5 Å². The Kier molecular flexibility index (Phi) is 6.40. The number of pyridine rings is 1. The lowest BCUT2D eigenvalue weighted by atomic mass is 10.0. The highest BCUT2D eigenvalue weighted by Crippen LogP contribution is 2.43. The average molecular weight is 465 g/mol. The SMILES string of the molecule is COc1ccccc1-c1nc(-n2nc(C)c(-c3cc(C)nc(C)c3)c2C)sc1SC(C)C. The Morgan fingerprint density at radius 3 is 2.34 bits per heavy atom. The van der Waals surface area contributed by atoms with Crippen molar-refractivity contribution < 1.29 is 4.74 Å². The number of methoxy groups -OCH3 is 1. The summed E-state index contributed by atoms with van der Waals surface area (Å²) in [6, 6.07) is 12.3. The minimum Gasteiger partial charge on any atom is -0.496 e. The maximum atomic E-state index is 5.63. The summed E-state index contributed by atoms with van der Waals surface area (Å²) in [6.07, 6.45) is 0. The lowest BCUT2D eigenvalue weighted by molar-refractivity contribution is 0.416. The zero-order valence-electron chi connectivity index (χ0n) is 19.6. The van der Waals surface area contributed by atoms with Crippen molar-refractivity contribution in [3.05, 3.63) is 59.2 Å². The largest absolute Gasteiger partial charge is 0.496 e. The third kappa shape index (κ3) is 4.32. The lowest BCUT2D eigenvalue weighted by Crippen LogP contribution is -1.99. The van der Waals surface area contributed by atoms with Gasteiger partial charge in [0.15, 0.2) is 0 Å². The van der Waals surface area contributed by atoms with Crippen molar-refractivity contribution in [2.24, 2.45) is 0 Å². The first-order valence-corrected chi connectivity index (χ1v) is 12.3. The van der Waals surface area contributed by atoms with E-state index in [2.05, 4.69) is 50.9 Å². The number of para-hydroxylation sites is 1. The molecule has 0 saturated heterocycles. The zero-order valence-corrected chi connectivity index (χ0v) is 21.2. The third-order valence-electron chi connectivity index (χ3n) is 5.13. The quantitative estimate of drug-likeness (QED) is 0.294. The van der Waals surface area contributed by atoms with Crippen LogP contribution in [-0.2, 0) is 0 Å². The predicted molar refractivity (Wildman–Crippen MR) is 134 cm³/mol. The Morgan fingerprint density at radius 2 is 1.69 bits per heavy atom. The van der Waals surface area contributed by atoms with Crippen LogP contribution >= 0.6 is 23.1 Å². The van der Waals surface area contributed by atoms with E-state index in [0.29, 0.717) is 5.25 Å². The number of nitrogens with zero attached hydrogens (tertiary/aromatic N) is 4. The van der Waals surface area contributed by atoms with Crippen molar-refractivity contribution in [2.45, 2.75) is 51.0 Å². The van der Waals surface area contributed by atoms with Crippen LogP contribution in [0.15, 0.2) is 40.6 Å². The molecule has 0 amide bonds. The number of thioether (sulfide) groups is 1. The van der Waals surface area contributed by atoms with Gasteiger partial charge in [-0.25, -0.2) is 9.67 Å². The summed E-state index contributed by atoms with van der Waals surface area (Å²) in [5.41, 5.74) is 8.33. The van der Waals surface area contributed by atoms with Gasteiger partial charge in [0.05, 0.1) is 22.7 Å². The summed E-state index contributed by atoms with van der Waals surface area (Å²) in [5, 5.41) is 6.19. The van der Waals surface area contributed by atoms with Crippen LogP contribution in [0.1, 0.15) is 36.6 Å². The van der Waals surface area contributed by atoms with E-state index in [1.165, 1.54) is 4.21 Å². The molecule has 5 nitrogen and oxygen atoms in total. The molecule has 3 aromatic heterocycles. The van der Waals surface area contributed by atoms with E-state index in [9.17, 15) is 0 Å². The summed E-state index contributed by atoms with van der Waals surface area (Å²) >= 11 is 3.50. The van der Waals surface area contributed by atoms with Crippen molar-refractivity contribution in [3.8, 4) is 33.3 Å². The molecule has 0 saturated carbocycles. The van der Waals surface area contributed by atoms with Gasteiger partial charge in [0.25, 0.3) is 0 Å². The Hall–Kier alpha value is -2.64. The van der Waals surface area contributed by atoms with E-state index in [0.717, 1.165) is 56.0 Å². The standard InChI is InChI=1S/C25H28N4OS2/c1-14(2)31-24-23(20-10-8-9-11-21(20)30-7)27-25(32-24)29-18(6)22(17(5)28-29)19-12-15(3)26-16(4)13-19/h8-14H,1-7H3. The Morgan fingerprint density at radius 1 is 1.00 bits per heavy atom. The molecule has 0 aliphatic carbocycles. The normalized spacial score (nSPS) is 11.4. The molecular weight excluding hydrogens is 436 g/mol. The van der Waals surface area contributed by atoms with E-state index in [-0.39, 0.29) is 0 Å². The van der Waals surface area contributed by atoms with Gasteiger partial charge in [-0.15, -0.1) is 11.8 Å². The molecule has 0 unspecified atom stereocenters. The molecule has 0 spiro atoms. The first kappa shape index (κ1) is 22.6. The highest BCUT2D eigenvalue weighted by molar-refractivity contribution is 8.01. The molecule has 0 bridgehead atoms. The number of aryl methyl sites for hydroxylation is 3. The van der Waals surface area contributed by atoms with Gasteiger partial charge in [0, 0.05) is 27.8 Å². The average Bonchev–Trinajstić information content (AvgIpc) is 3.26. The first-order chi connectivity index (χ1) is 15.3. The minimum atomic E-state index is 0.440. The first-order valence-electron chi connectivity index (χ1n) is 10.6. The van der Waals surface area contributed by atoms with Gasteiger partial charge in [-0.1, -0.05) is 37.3 Å². The highest BCUT2D eigenvalue weighted by atomic mass is 32.2. The predicted octanol–water partition coefficient (Wildman–Crippen LogP) is 6.80. The highest BCUT2D eigenvalue weighted by Gasteiger charge is 2.22. The molecular formula is C25H28N4OS2. The van der Waals surface area contributed by atoms with Gasteiger partial charge >= 0.3 is 0 Å². The second-order valence-electron chi connectivity index (χ2n) is 8.10. The molecule has 4 aromatic rings. The number of hydrogen-bond acceptors (Lipinski definition) is 6. The molecule has 0 aliphatic rings. The Labute approximate surface area is 197 Å². The second-order valence-corrected chi connectivity index (χ2v) is 10.9. The summed E-state index contributed by atoms with van der Waals surface area (Å²) < 4.78 is 8.78. The fourth-order valence-corrected chi connectivity index (χ4v) is 6.42. The topological polar surface area (TPSA) is 52.8 Å². The number of rotatable bonds is 6. The van der Waals surface area contributed by atoms with Crippen molar-refractivity contribution in [1.29, 1.82) is 0 Å². The number of benzene rings is 1. The smallest absolute Gasteiger partial charge is 0.212 e. The van der Waals surface area contributed by atoms with Gasteiger partial charge in [-0.05, 0) is 57.5 Å². The fraction of sp³-hybridized carbons (Fsp3) is 0.320. The summed E-state index contributed by atoms with van der Waals surface area (Å²) in [6.45, 7) is 12.6. The van der Waals surface area contributed by atoms with Crippen molar-refractivity contribution in [2.75, 3.05) is 7.11 Å². The number of aromatic nitrogens is 4. The summed E-state index contributed by atoms with van der Waals surface area (Å²) in [5.74, 6) is 0.826. The Balaban J connectivity index is 1.87. The number of thiazole rings is 1. The molecule has 4 rings (SSSR count). The lowest BCUT2D eigenvalue weighted by Gasteiger charge is -2.08. The van der Waals surface area contributed by atoms with E-state index in [1.807, 2.05) is 48.5 Å². The van der Waals surface area contributed by atoms with E-state index < -0.39 is 0 Å². The second kappa shape index (κ2) is 9.08. The monoisotopic (exact) mass is 464 g/mol. The number of ether oxygens (including phenoxy) is 1. The molecule has 1 aromatic carbocycles.